The minimum absolute atomic E-state index is 0.0865. The molecule has 0 saturated carbocycles. The molecule has 0 rings (SSSR count). The lowest BCUT2D eigenvalue weighted by molar-refractivity contribution is -0.122. The molecule has 218 valence electrons. The number of hydrogen-bond donors (Lipinski definition) is 8. The smallest absolute Gasteiger partial charge is 0.221 e. The van der Waals surface area contributed by atoms with Crippen LogP contribution in [0.4, 0.5) is 0 Å². The number of nitrogens with one attached hydrogen (secondary N) is 4. The van der Waals surface area contributed by atoms with Crippen molar-refractivity contribution in [3.05, 3.63) is 0 Å². The highest BCUT2D eigenvalue weighted by atomic mass is 16.2. The third-order valence-corrected chi connectivity index (χ3v) is 5.05. The highest BCUT2D eigenvalue weighted by Crippen LogP contribution is 2.00. The Morgan fingerprint density at radius 3 is 1.22 bits per heavy atom. The number of carbonyl (C=O) groups is 4. The van der Waals surface area contributed by atoms with Crippen LogP contribution in [0.1, 0.15) is 25.7 Å². The summed E-state index contributed by atoms with van der Waals surface area (Å²) in [6, 6.07) is 0. The van der Waals surface area contributed by atoms with Gasteiger partial charge in [0.15, 0.2) is 0 Å². The Kier molecular flexibility index (Phi) is 28.3. The molecule has 37 heavy (non-hydrogen) atoms. The molecule has 0 aliphatic heterocycles. The molecule has 0 aromatic carbocycles. The third kappa shape index (κ3) is 26.7. The maximum absolute atomic E-state index is 11.9. The molecule has 0 aromatic rings. The highest BCUT2D eigenvalue weighted by Gasteiger charge is 2.14. The van der Waals surface area contributed by atoms with Gasteiger partial charge in [-0.2, -0.15) is 0 Å². The summed E-state index contributed by atoms with van der Waals surface area (Å²) in [5, 5.41) is 11.1. The summed E-state index contributed by atoms with van der Waals surface area (Å²) in [6.45, 7) is 7.27. The molecule has 0 aliphatic rings. The Labute approximate surface area is 221 Å². The van der Waals surface area contributed by atoms with Crippen molar-refractivity contribution >= 4 is 24.0 Å². The second-order valence-electron chi connectivity index (χ2n) is 8.20. The first-order valence-corrected chi connectivity index (χ1v) is 13.0. The van der Waals surface area contributed by atoms with Gasteiger partial charge in [-0.05, 0) is 7.05 Å². The topological polar surface area (TPSA) is 227 Å². The molecule has 0 saturated heterocycles. The average molecular weight is 533 g/mol. The normalized spacial score (nSPS) is 10.6. The van der Waals surface area contributed by atoms with Gasteiger partial charge in [0.1, 0.15) is 6.29 Å². The average Bonchev–Trinajstić information content (AvgIpc) is 2.90. The second-order valence-corrected chi connectivity index (χ2v) is 8.20. The summed E-state index contributed by atoms with van der Waals surface area (Å²) in [5.41, 5.74) is 21.3. The number of aldehydes is 1. The third-order valence-electron chi connectivity index (χ3n) is 5.05. The van der Waals surface area contributed by atoms with Crippen LogP contribution in [-0.4, -0.2) is 132 Å². The predicted molar refractivity (Wildman–Crippen MR) is 147 cm³/mol. The zero-order valence-corrected chi connectivity index (χ0v) is 22.6. The summed E-state index contributed by atoms with van der Waals surface area (Å²) in [5.74, 6) is -0.276. The standard InChI is InChI=1S/C20H42N8O4.C3H10N2/c21-5-8-24-18(30)2-12-27(11-1-17-29)15-16-28(13-3-19(31)25-9-6-22)14-4-20(32)26-10-7-23;1-5-3-2-4/h17H,1-16,21-23H2,(H,24,30)(H,25,31)(H,26,32);5H,2-4H2,1H3. The predicted octanol–water partition coefficient (Wildman–Crippen LogP) is -4.26. The molecule has 0 atom stereocenters. The first-order chi connectivity index (χ1) is 17.9. The Balaban J connectivity index is 0. The highest BCUT2D eigenvalue weighted by molar-refractivity contribution is 5.77. The van der Waals surface area contributed by atoms with E-state index in [9.17, 15) is 19.2 Å². The van der Waals surface area contributed by atoms with E-state index in [-0.39, 0.29) is 17.7 Å². The Bertz CT molecular complexity index is 558. The van der Waals surface area contributed by atoms with Crippen LogP contribution < -0.4 is 44.2 Å². The lowest BCUT2D eigenvalue weighted by Crippen LogP contribution is -2.41. The lowest BCUT2D eigenvalue weighted by atomic mass is 10.2. The van der Waals surface area contributed by atoms with E-state index in [1.165, 1.54) is 0 Å². The van der Waals surface area contributed by atoms with Gasteiger partial charge in [-0.15, -0.1) is 0 Å². The van der Waals surface area contributed by atoms with Crippen LogP contribution in [0.25, 0.3) is 0 Å². The van der Waals surface area contributed by atoms with Gasteiger partial charge in [0.2, 0.25) is 17.7 Å². The second kappa shape index (κ2) is 28.4. The van der Waals surface area contributed by atoms with Gasteiger partial charge in [-0.25, -0.2) is 0 Å². The van der Waals surface area contributed by atoms with Crippen molar-refractivity contribution in [2.45, 2.75) is 25.7 Å². The molecule has 0 aliphatic carbocycles. The molecular formula is C23H52N10O4. The van der Waals surface area contributed by atoms with Gasteiger partial charge in [0.25, 0.3) is 0 Å². The monoisotopic (exact) mass is 532 g/mol. The van der Waals surface area contributed by atoms with Gasteiger partial charge < -0.3 is 58.8 Å². The van der Waals surface area contributed by atoms with E-state index in [0.717, 1.165) is 19.4 Å². The van der Waals surface area contributed by atoms with Crippen molar-refractivity contribution in [1.82, 2.24) is 31.1 Å². The molecule has 0 unspecified atom stereocenters. The minimum atomic E-state index is -0.0950. The van der Waals surface area contributed by atoms with Crippen molar-refractivity contribution in [2.24, 2.45) is 22.9 Å². The number of carbonyl (C=O) groups excluding carboxylic acids is 4. The maximum atomic E-state index is 11.9. The van der Waals surface area contributed by atoms with Gasteiger partial charge in [0, 0.05) is 117 Å². The van der Waals surface area contributed by atoms with E-state index < -0.39 is 0 Å². The van der Waals surface area contributed by atoms with Crippen molar-refractivity contribution in [3.63, 3.8) is 0 Å². The Hall–Kier alpha value is -2.20. The molecule has 0 radical (unpaired) electrons. The fraction of sp³-hybridized carbons (Fsp3) is 0.826. The van der Waals surface area contributed by atoms with E-state index in [2.05, 4.69) is 21.3 Å². The van der Waals surface area contributed by atoms with E-state index in [1.807, 2.05) is 16.8 Å². The molecule has 0 heterocycles. The van der Waals surface area contributed by atoms with Crippen LogP contribution >= 0.6 is 0 Å². The van der Waals surface area contributed by atoms with Crippen molar-refractivity contribution in [2.75, 3.05) is 98.7 Å². The number of rotatable bonds is 23. The van der Waals surface area contributed by atoms with Gasteiger partial charge >= 0.3 is 0 Å². The number of nitrogens with zero attached hydrogens (tertiary/aromatic N) is 2. The van der Waals surface area contributed by atoms with Crippen LogP contribution in [0.2, 0.25) is 0 Å². The van der Waals surface area contributed by atoms with Crippen molar-refractivity contribution in [1.29, 1.82) is 0 Å². The first kappa shape index (κ1) is 37.0. The molecule has 0 fully saturated rings. The fourth-order valence-corrected chi connectivity index (χ4v) is 3.01. The van der Waals surface area contributed by atoms with Crippen LogP contribution in [0.3, 0.4) is 0 Å². The van der Waals surface area contributed by atoms with E-state index in [0.29, 0.717) is 104 Å². The van der Waals surface area contributed by atoms with Gasteiger partial charge in [-0.3, -0.25) is 14.4 Å². The molecule has 14 heteroatoms. The number of likely N-dealkylation sites (N-methyl/N-ethyl adjacent to an activating group) is 1. The maximum Gasteiger partial charge on any atom is 0.221 e. The molecule has 14 nitrogen and oxygen atoms in total. The van der Waals surface area contributed by atoms with Crippen molar-refractivity contribution < 1.29 is 19.2 Å². The summed E-state index contributed by atoms with van der Waals surface area (Å²) in [4.78, 5) is 50.6. The van der Waals surface area contributed by atoms with E-state index >= 15 is 0 Å². The molecule has 0 aromatic heterocycles. The fourth-order valence-electron chi connectivity index (χ4n) is 3.01. The van der Waals surface area contributed by atoms with Crippen molar-refractivity contribution in [3.8, 4) is 0 Å². The Morgan fingerprint density at radius 2 is 0.946 bits per heavy atom. The van der Waals surface area contributed by atoms with E-state index in [4.69, 9.17) is 22.9 Å². The SMILES string of the molecule is CNCCN.NCCNC(=O)CCN(CCC=O)CCN(CCC(=O)NCCN)CCC(=O)NCCN. The van der Waals surface area contributed by atoms with Crippen LogP contribution in [0, 0.1) is 0 Å². The zero-order chi connectivity index (χ0) is 28.2. The molecular weight excluding hydrogens is 480 g/mol. The molecule has 0 spiro atoms. The van der Waals surface area contributed by atoms with E-state index in [1.54, 1.807) is 0 Å². The van der Waals surface area contributed by atoms with Gasteiger partial charge in [0.05, 0.1) is 0 Å². The number of amides is 3. The Morgan fingerprint density at radius 1 is 0.595 bits per heavy atom. The van der Waals surface area contributed by atoms with Crippen LogP contribution in [0.5, 0.6) is 0 Å². The molecule has 12 N–H and O–H groups in total. The lowest BCUT2D eigenvalue weighted by Gasteiger charge is -2.27. The van der Waals surface area contributed by atoms with Crippen LogP contribution in [0.15, 0.2) is 0 Å². The minimum Gasteiger partial charge on any atom is -0.355 e. The summed E-state index contributed by atoms with van der Waals surface area (Å²) in [6.07, 6.45) is 2.11. The summed E-state index contributed by atoms with van der Waals surface area (Å²) < 4.78 is 0. The summed E-state index contributed by atoms with van der Waals surface area (Å²) in [7, 11) is 1.88. The zero-order valence-electron chi connectivity index (χ0n) is 22.6. The summed E-state index contributed by atoms with van der Waals surface area (Å²) >= 11 is 0. The number of nitrogens with two attached hydrogens (primary N) is 4. The quantitative estimate of drug-likeness (QED) is 0.0587. The molecule has 3 amide bonds. The van der Waals surface area contributed by atoms with Gasteiger partial charge in [-0.1, -0.05) is 0 Å². The molecule has 0 bridgehead atoms. The largest absolute Gasteiger partial charge is 0.355 e. The van der Waals surface area contributed by atoms with Crippen LogP contribution in [-0.2, 0) is 19.2 Å². The first-order valence-electron chi connectivity index (χ1n) is 13.0. The number of hydrogen-bond acceptors (Lipinski definition) is 11.